The Labute approximate surface area is 79.3 Å². The Morgan fingerprint density at radius 3 is 2.92 bits per heavy atom. The van der Waals surface area contributed by atoms with Gasteiger partial charge in [0.15, 0.2) is 5.78 Å². The van der Waals surface area contributed by atoms with E-state index in [2.05, 4.69) is 19.1 Å². The van der Waals surface area contributed by atoms with E-state index in [1.807, 2.05) is 13.0 Å². The Bertz CT molecular complexity index is 238. The summed E-state index contributed by atoms with van der Waals surface area (Å²) in [6, 6.07) is 0. The Balaban J connectivity index is 2.17. The monoisotopic (exact) mass is 180 g/mol. The van der Waals surface area contributed by atoms with E-state index in [1.165, 1.54) is 5.57 Å². The minimum absolute atomic E-state index is 0.170. The van der Waals surface area contributed by atoms with Crippen molar-refractivity contribution < 1.29 is 9.53 Å². The van der Waals surface area contributed by atoms with Crippen LogP contribution in [-0.2, 0) is 9.53 Å². The molecule has 1 unspecified atom stereocenters. The van der Waals surface area contributed by atoms with Crippen LogP contribution in [0.4, 0.5) is 0 Å². The minimum atomic E-state index is 0.170. The van der Waals surface area contributed by atoms with Gasteiger partial charge in [-0.25, -0.2) is 0 Å². The summed E-state index contributed by atoms with van der Waals surface area (Å²) in [7, 11) is 0. The van der Waals surface area contributed by atoms with Gasteiger partial charge in [-0.2, -0.15) is 0 Å². The largest absolute Gasteiger partial charge is 0.373 e. The molecule has 0 amide bonds. The van der Waals surface area contributed by atoms with Crippen LogP contribution in [0.15, 0.2) is 23.8 Å². The quantitative estimate of drug-likeness (QED) is 0.647. The van der Waals surface area contributed by atoms with Crippen molar-refractivity contribution in [2.75, 3.05) is 13.2 Å². The van der Waals surface area contributed by atoms with Crippen molar-refractivity contribution in [3.8, 4) is 0 Å². The number of carbonyl (C=O) groups is 1. The van der Waals surface area contributed by atoms with Crippen molar-refractivity contribution in [2.45, 2.75) is 20.3 Å². The number of Topliss-reactive ketones (excluding diaryl/α,β-unsaturated/α-hetero) is 1. The van der Waals surface area contributed by atoms with E-state index in [0.717, 1.165) is 0 Å². The third-order valence-electron chi connectivity index (χ3n) is 2.24. The van der Waals surface area contributed by atoms with E-state index in [4.69, 9.17) is 4.74 Å². The van der Waals surface area contributed by atoms with Gasteiger partial charge in [0.2, 0.25) is 0 Å². The number of rotatable bonds is 5. The Morgan fingerprint density at radius 2 is 2.38 bits per heavy atom. The Kier molecular flexibility index (Phi) is 3.90. The topological polar surface area (TPSA) is 26.3 Å². The summed E-state index contributed by atoms with van der Waals surface area (Å²) in [5.41, 5.74) is 1.31. The second kappa shape index (κ2) is 4.97. The molecule has 0 spiro atoms. The zero-order valence-electron chi connectivity index (χ0n) is 8.25. The summed E-state index contributed by atoms with van der Waals surface area (Å²) >= 11 is 0. The van der Waals surface area contributed by atoms with Crippen LogP contribution in [0.25, 0.3) is 0 Å². The zero-order chi connectivity index (χ0) is 9.68. The highest BCUT2D eigenvalue weighted by Crippen LogP contribution is 2.18. The first-order valence-corrected chi connectivity index (χ1v) is 4.68. The molecule has 0 heterocycles. The van der Waals surface area contributed by atoms with Crippen LogP contribution < -0.4 is 0 Å². The van der Waals surface area contributed by atoms with Crippen molar-refractivity contribution in [1.29, 1.82) is 0 Å². The molecular weight excluding hydrogens is 164 g/mol. The molecule has 2 heteroatoms. The van der Waals surface area contributed by atoms with E-state index in [9.17, 15) is 4.79 Å². The molecule has 1 atom stereocenters. The molecule has 1 aliphatic carbocycles. The van der Waals surface area contributed by atoms with Gasteiger partial charge < -0.3 is 4.74 Å². The van der Waals surface area contributed by atoms with Gasteiger partial charge in [-0.05, 0) is 6.92 Å². The molecular formula is C11H16O2. The van der Waals surface area contributed by atoms with Gasteiger partial charge in [-0.15, -0.1) is 0 Å². The average molecular weight is 180 g/mol. The number of ether oxygens (including phenoxy) is 1. The van der Waals surface area contributed by atoms with Crippen LogP contribution >= 0.6 is 0 Å². The number of hydrogen-bond donors (Lipinski definition) is 0. The highest BCUT2D eigenvalue weighted by molar-refractivity contribution is 5.79. The van der Waals surface area contributed by atoms with Crippen molar-refractivity contribution in [2.24, 2.45) is 5.92 Å². The molecule has 0 aromatic heterocycles. The lowest BCUT2D eigenvalue weighted by atomic mass is 10.1. The van der Waals surface area contributed by atoms with Crippen LogP contribution in [0.2, 0.25) is 0 Å². The maximum Gasteiger partial charge on any atom is 0.158 e. The molecule has 1 aliphatic rings. The van der Waals surface area contributed by atoms with Gasteiger partial charge in [0.1, 0.15) is 6.61 Å². The lowest BCUT2D eigenvalue weighted by Gasteiger charge is -2.09. The van der Waals surface area contributed by atoms with Crippen molar-refractivity contribution in [3.63, 3.8) is 0 Å². The predicted octanol–water partition coefficient (Wildman–Crippen LogP) is 2.11. The summed E-state index contributed by atoms with van der Waals surface area (Å²) in [4.78, 5) is 10.9. The Morgan fingerprint density at radius 1 is 1.62 bits per heavy atom. The second-order valence-corrected chi connectivity index (χ2v) is 3.31. The van der Waals surface area contributed by atoms with Crippen LogP contribution in [0, 0.1) is 5.92 Å². The minimum Gasteiger partial charge on any atom is -0.373 e. The molecule has 72 valence electrons. The molecule has 0 saturated heterocycles. The van der Waals surface area contributed by atoms with Crippen LogP contribution in [0.5, 0.6) is 0 Å². The summed E-state index contributed by atoms with van der Waals surface area (Å²) in [6.07, 6.45) is 6.78. The fourth-order valence-electron chi connectivity index (χ4n) is 1.21. The molecule has 0 N–H and O–H groups in total. The smallest absolute Gasteiger partial charge is 0.158 e. The van der Waals surface area contributed by atoms with Gasteiger partial charge in [0, 0.05) is 12.3 Å². The summed E-state index contributed by atoms with van der Waals surface area (Å²) in [5.74, 6) is 0.549. The average Bonchev–Trinajstić information content (AvgIpc) is 2.52. The van der Waals surface area contributed by atoms with Gasteiger partial charge in [-0.1, -0.05) is 30.7 Å². The number of ketones is 1. The highest BCUT2D eigenvalue weighted by atomic mass is 16.5. The second-order valence-electron chi connectivity index (χ2n) is 3.31. The molecule has 0 radical (unpaired) electrons. The lowest BCUT2D eigenvalue weighted by Crippen LogP contribution is -2.12. The van der Waals surface area contributed by atoms with Crippen LogP contribution in [0.3, 0.4) is 0 Å². The first kappa shape index (κ1) is 10.2. The highest BCUT2D eigenvalue weighted by Gasteiger charge is 2.10. The van der Waals surface area contributed by atoms with Crippen LogP contribution in [0.1, 0.15) is 20.3 Å². The lowest BCUT2D eigenvalue weighted by molar-refractivity contribution is -0.123. The van der Waals surface area contributed by atoms with E-state index < -0.39 is 0 Å². The van der Waals surface area contributed by atoms with Crippen molar-refractivity contribution in [1.82, 2.24) is 0 Å². The first-order valence-electron chi connectivity index (χ1n) is 4.68. The molecule has 1 rings (SSSR count). The molecule has 0 fully saturated rings. The summed E-state index contributed by atoms with van der Waals surface area (Å²) in [5, 5.41) is 0. The maximum atomic E-state index is 10.9. The SMILES string of the molecule is CCC(=O)COCC1C=CC=C1C. The third-order valence-corrected chi connectivity index (χ3v) is 2.24. The maximum absolute atomic E-state index is 10.9. The first-order chi connectivity index (χ1) is 6.24. The standard InChI is InChI=1S/C11H16O2/c1-3-11(12)8-13-7-10-6-4-5-9(10)2/h4-6,10H,3,7-8H2,1-2H3. The Hall–Kier alpha value is -0.890. The van der Waals surface area contributed by atoms with Gasteiger partial charge in [-0.3, -0.25) is 4.79 Å². The molecule has 0 aliphatic heterocycles. The fraction of sp³-hybridized carbons (Fsp3) is 0.545. The molecule has 0 bridgehead atoms. The molecule has 0 aromatic carbocycles. The van der Waals surface area contributed by atoms with Gasteiger partial charge in [0.25, 0.3) is 0 Å². The molecule has 0 aromatic rings. The fourth-order valence-corrected chi connectivity index (χ4v) is 1.21. The van der Waals surface area contributed by atoms with Crippen molar-refractivity contribution >= 4 is 5.78 Å². The van der Waals surface area contributed by atoms with E-state index >= 15 is 0 Å². The number of hydrogen-bond acceptors (Lipinski definition) is 2. The molecule has 0 saturated carbocycles. The third kappa shape index (κ3) is 3.15. The summed E-state index contributed by atoms with van der Waals surface area (Å²) < 4.78 is 5.30. The van der Waals surface area contributed by atoms with E-state index in [1.54, 1.807) is 0 Å². The van der Waals surface area contributed by atoms with E-state index in [-0.39, 0.29) is 12.4 Å². The predicted molar refractivity (Wildman–Crippen MR) is 52.5 cm³/mol. The van der Waals surface area contributed by atoms with Gasteiger partial charge in [0.05, 0.1) is 6.61 Å². The molecule has 13 heavy (non-hydrogen) atoms. The van der Waals surface area contributed by atoms with Crippen molar-refractivity contribution in [3.05, 3.63) is 23.8 Å². The molecule has 2 nitrogen and oxygen atoms in total. The number of allylic oxidation sites excluding steroid dienone is 2. The number of carbonyl (C=O) groups excluding carboxylic acids is 1. The summed E-state index contributed by atoms with van der Waals surface area (Å²) in [6.45, 7) is 4.82. The van der Waals surface area contributed by atoms with Crippen LogP contribution in [-0.4, -0.2) is 19.0 Å². The normalized spacial score (nSPS) is 20.5. The van der Waals surface area contributed by atoms with Gasteiger partial charge >= 0.3 is 0 Å². The zero-order valence-corrected chi connectivity index (χ0v) is 8.25. The van der Waals surface area contributed by atoms with E-state index in [0.29, 0.717) is 18.9 Å².